The summed E-state index contributed by atoms with van der Waals surface area (Å²) in [5.41, 5.74) is 4.81. The van der Waals surface area contributed by atoms with E-state index in [1.54, 1.807) is 14.2 Å². The number of thiocarbonyl (C=S) groups is 1. The van der Waals surface area contributed by atoms with E-state index >= 15 is 0 Å². The average Bonchev–Trinajstić information content (AvgIpc) is 2.71. The standard InChI is InChI=1S/C22H29N3O2S/c1-16-5-6-19(13-17(16)2)23-22(28)25-11-9-24(10-12-25)15-18-14-20(26-3)7-8-21(18)27-4/h5-8,13-14H,9-12,15H2,1-4H3,(H,23,28)/p+1. The van der Waals surface area contributed by atoms with Gasteiger partial charge < -0.3 is 24.6 Å². The van der Waals surface area contributed by atoms with Gasteiger partial charge in [-0.3, -0.25) is 0 Å². The number of ether oxygens (including phenoxy) is 2. The fourth-order valence-corrected chi connectivity index (χ4v) is 3.81. The second-order valence-corrected chi connectivity index (χ2v) is 7.71. The van der Waals surface area contributed by atoms with Crippen LogP contribution in [0.5, 0.6) is 11.5 Å². The summed E-state index contributed by atoms with van der Waals surface area (Å²) in [6.45, 7) is 9.13. The van der Waals surface area contributed by atoms with Crippen LogP contribution in [0.1, 0.15) is 16.7 Å². The third-order valence-electron chi connectivity index (χ3n) is 5.44. The number of piperazine rings is 1. The minimum atomic E-state index is 0.807. The van der Waals surface area contributed by atoms with Crippen LogP contribution in [0.2, 0.25) is 0 Å². The number of nitrogens with zero attached hydrogens (tertiary/aromatic N) is 1. The maximum Gasteiger partial charge on any atom is 0.173 e. The van der Waals surface area contributed by atoms with Crippen molar-refractivity contribution in [3.05, 3.63) is 53.1 Å². The first-order valence-corrected chi connectivity index (χ1v) is 10.1. The van der Waals surface area contributed by atoms with E-state index in [0.717, 1.165) is 55.0 Å². The Morgan fingerprint density at radius 3 is 2.43 bits per heavy atom. The van der Waals surface area contributed by atoms with Crippen molar-refractivity contribution in [3.8, 4) is 11.5 Å². The molecule has 0 aliphatic carbocycles. The highest BCUT2D eigenvalue weighted by Crippen LogP contribution is 2.23. The molecule has 1 saturated heterocycles. The predicted octanol–water partition coefficient (Wildman–Crippen LogP) is 2.42. The molecule has 2 aromatic rings. The fraction of sp³-hybridized carbons (Fsp3) is 0.409. The van der Waals surface area contributed by atoms with Crippen molar-refractivity contribution in [2.45, 2.75) is 20.4 Å². The summed E-state index contributed by atoms with van der Waals surface area (Å²) >= 11 is 5.64. The molecule has 0 bridgehead atoms. The van der Waals surface area contributed by atoms with Gasteiger partial charge in [-0.25, -0.2) is 0 Å². The first-order valence-electron chi connectivity index (χ1n) is 9.68. The van der Waals surface area contributed by atoms with Crippen LogP contribution in [0.3, 0.4) is 0 Å². The zero-order valence-electron chi connectivity index (χ0n) is 17.2. The molecule has 0 amide bonds. The maximum atomic E-state index is 5.64. The van der Waals surface area contributed by atoms with Crippen LogP contribution in [0.25, 0.3) is 0 Å². The highest BCUT2D eigenvalue weighted by Gasteiger charge is 2.23. The third kappa shape index (κ3) is 4.94. The number of quaternary nitrogens is 1. The predicted molar refractivity (Wildman–Crippen MR) is 118 cm³/mol. The highest BCUT2D eigenvalue weighted by atomic mass is 32.1. The topological polar surface area (TPSA) is 38.2 Å². The summed E-state index contributed by atoms with van der Waals surface area (Å²) in [5, 5.41) is 4.20. The van der Waals surface area contributed by atoms with Crippen molar-refractivity contribution < 1.29 is 14.4 Å². The van der Waals surface area contributed by atoms with E-state index in [2.05, 4.69) is 48.3 Å². The molecule has 1 aliphatic heterocycles. The van der Waals surface area contributed by atoms with E-state index in [1.165, 1.54) is 21.6 Å². The molecule has 0 saturated carbocycles. The number of benzene rings is 2. The number of aryl methyl sites for hydroxylation is 2. The Morgan fingerprint density at radius 2 is 1.79 bits per heavy atom. The van der Waals surface area contributed by atoms with E-state index in [1.807, 2.05) is 12.1 Å². The van der Waals surface area contributed by atoms with Gasteiger partial charge in [-0.05, 0) is 67.5 Å². The molecule has 28 heavy (non-hydrogen) atoms. The lowest BCUT2D eigenvalue weighted by molar-refractivity contribution is -0.917. The van der Waals surface area contributed by atoms with Gasteiger partial charge >= 0.3 is 0 Å². The number of rotatable bonds is 5. The van der Waals surface area contributed by atoms with E-state index in [4.69, 9.17) is 21.7 Å². The zero-order valence-corrected chi connectivity index (χ0v) is 18.0. The summed E-state index contributed by atoms with van der Waals surface area (Å²) in [6, 6.07) is 12.4. The number of anilines is 1. The Morgan fingerprint density at radius 1 is 1.04 bits per heavy atom. The first kappa shape index (κ1) is 20.4. The third-order valence-corrected chi connectivity index (χ3v) is 5.80. The number of nitrogens with one attached hydrogen (secondary N) is 2. The molecule has 1 fully saturated rings. The van der Waals surface area contributed by atoms with Crippen molar-refractivity contribution in [3.63, 3.8) is 0 Å². The van der Waals surface area contributed by atoms with Crippen molar-refractivity contribution in [1.29, 1.82) is 0 Å². The van der Waals surface area contributed by atoms with Crippen molar-refractivity contribution in [2.75, 3.05) is 45.7 Å². The van der Waals surface area contributed by atoms with Gasteiger partial charge in [0.1, 0.15) is 18.0 Å². The minimum Gasteiger partial charge on any atom is -0.497 e. The molecular formula is C22H30N3O2S+. The van der Waals surface area contributed by atoms with Gasteiger partial charge in [0.15, 0.2) is 5.11 Å². The van der Waals surface area contributed by atoms with Crippen LogP contribution in [0.4, 0.5) is 5.69 Å². The number of hydrogen-bond donors (Lipinski definition) is 2. The van der Waals surface area contributed by atoms with E-state index < -0.39 is 0 Å². The van der Waals surface area contributed by atoms with Crippen LogP contribution < -0.4 is 19.7 Å². The van der Waals surface area contributed by atoms with Crippen LogP contribution in [0.15, 0.2) is 36.4 Å². The SMILES string of the molecule is COc1ccc(OC)c(C[NH+]2CCN(C(=S)Nc3ccc(C)c(C)c3)CC2)c1. The summed E-state index contributed by atoms with van der Waals surface area (Å²) in [4.78, 5) is 3.79. The van der Waals surface area contributed by atoms with Crippen LogP contribution in [-0.2, 0) is 6.54 Å². The Labute approximate surface area is 173 Å². The van der Waals surface area contributed by atoms with Gasteiger partial charge in [-0.15, -0.1) is 0 Å². The van der Waals surface area contributed by atoms with E-state index in [9.17, 15) is 0 Å². The molecule has 0 atom stereocenters. The van der Waals surface area contributed by atoms with Crippen molar-refractivity contribution >= 4 is 23.0 Å². The summed E-state index contributed by atoms with van der Waals surface area (Å²) < 4.78 is 10.9. The molecular weight excluding hydrogens is 370 g/mol. The van der Waals surface area contributed by atoms with Gasteiger partial charge in [0.2, 0.25) is 0 Å². The molecule has 150 valence electrons. The molecule has 3 rings (SSSR count). The zero-order chi connectivity index (χ0) is 20.1. The minimum absolute atomic E-state index is 0.807. The van der Waals surface area contributed by atoms with Crippen LogP contribution in [0, 0.1) is 13.8 Å². The van der Waals surface area contributed by atoms with Gasteiger partial charge in [-0.2, -0.15) is 0 Å². The molecule has 2 aromatic carbocycles. The molecule has 0 aromatic heterocycles. The van der Waals surface area contributed by atoms with Gasteiger partial charge in [0.25, 0.3) is 0 Å². The van der Waals surface area contributed by atoms with Gasteiger partial charge in [0, 0.05) is 5.69 Å². The Bertz CT molecular complexity index is 833. The lowest BCUT2D eigenvalue weighted by Crippen LogP contribution is -3.13. The maximum absolute atomic E-state index is 5.64. The number of hydrogen-bond acceptors (Lipinski definition) is 3. The first-order chi connectivity index (χ1) is 13.5. The quantitative estimate of drug-likeness (QED) is 0.754. The Hall–Kier alpha value is -2.31. The van der Waals surface area contributed by atoms with Crippen molar-refractivity contribution in [2.24, 2.45) is 0 Å². The molecule has 6 heteroatoms. The monoisotopic (exact) mass is 400 g/mol. The van der Waals surface area contributed by atoms with Gasteiger partial charge in [-0.1, -0.05) is 6.07 Å². The fourth-order valence-electron chi connectivity index (χ4n) is 3.51. The van der Waals surface area contributed by atoms with Crippen LogP contribution >= 0.6 is 12.2 Å². The normalized spacial score (nSPS) is 14.6. The summed E-state index contributed by atoms with van der Waals surface area (Å²) in [6.07, 6.45) is 0. The summed E-state index contributed by atoms with van der Waals surface area (Å²) in [7, 11) is 3.41. The van der Waals surface area contributed by atoms with E-state index in [0.29, 0.717) is 0 Å². The molecule has 1 aliphatic rings. The second-order valence-electron chi connectivity index (χ2n) is 7.32. The molecule has 0 unspecified atom stereocenters. The molecule has 2 N–H and O–H groups in total. The second kappa shape index (κ2) is 9.26. The molecule has 1 heterocycles. The average molecular weight is 401 g/mol. The summed E-state index contributed by atoms with van der Waals surface area (Å²) in [5.74, 6) is 1.79. The molecule has 0 spiro atoms. The Kier molecular flexibility index (Phi) is 6.75. The lowest BCUT2D eigenvalue weighted by atomic mass is 10.1. The molecule has 5 nitrogen and oxygen atoms in total. The largest absolute Gasteiger partial charge is 0.497 e. The lowest BCUT2D eigenvalue weighted by Gasteiger charge is -2.34. The van der Waals surface area contributed by atoms with Gasteiger partial charge in [0.05, 0.1) is 46.0 Å². The van der Waals surface area contributed by atoms with Crippen LogP contribution in [-0.4, -0.2) is 50.4 Å². The Balaban J connectivity index is 1.55. The highest BCUT2D eigenvalue weighted by molar-refractivity contribution is 7.80. The molecule has 0 radical (unpaired) electrons. The smallest absolute Gasteiger partial charge is 0.173 e. The van der Waals surface area contributed by atoms with Crippen molar-refractivity contribution in [1.82, 2.24) is 4.90 Å². The number of methoxy groups -OCH3 is 2. The van der Waals surface area contributed by atoms with E-state index in [-0.39, 0.29) is 0 Å².